The topological polar surface area (TPSA) is 70.2 Å². The Hall–Kier alpha value is -2.10. The fourth-order valence-corrected chi connectivity index (χ4v) is 1.93. The largest absolute Gasteiger partial charge is 0.481 e. The van der Waals surface area contributed by atoms with E-state index in [1.165, 1.54) is 0 Å². The number of aromatic nitrogens is 1. The number of benzene rings is 1. The first kappa shape index (κ1) is 11.4. The number of hydrogen-bond donors (Lipinski definition) is 2. The lowest BCUT2D eigenvalue weighted by atomic mass is 10.1. The zero-order valence-corrected chi connectivity index (χ0v) is 9.49. The van der Waals surface area contributed by atoms with Gasteiger partial charge in [0.1, 0.15) is 0 Å². The molecule has 4 nitrogen and oxygen atoms in total. The molecule has 4 heteroatoms. The Balaban J connectivity index is 2.66. The first-order valence-corrected chi connectivity index (χ1v) is 5.47. The molecule has 1 heterocycles. The van der Waals surface area contributed by atoms with Gasteiger partial charge in [-0.3, -0.25) is 9.59 Å². The Labute approximate surface area is 97.9 Å². The Morgan fingerprint density at radius 2 is 2.12 bits per heavy atom. The highest BCUT2D eigenvalue weighted by Crippen LogP contribution is 2.16. The van der Waals surface area contributed by atoms with Crippen LogP contribution < -0.4 is 5.56 Å². The number of aryl methyl sites for hydroxylation is 1. The summed E-state index contributed by atoms with van der Waals surface area (Å²) in [5.74, 6) is -0.999. The molecule has 0 atom stereocenters. The normalized spacial score (nSPS) is 10.6. The zero-order valence-electron chi connectivity index (χ0n) is 9.49. The van der Waals surface area contributed by atoms with E-state index in [1.54, 1.807) is 6.07 Å². The van der Waals surface area contributed by atoms with E-state index in [0.717, 1.165) is 22.9 Å². The second-order valence-corrected chi connectivity index (χ2v) is 3.93. The summed E-state index contributed by atoms with van der Waals surface area (Å²) in [7, 11) is 0. The van der Waals surface area contributed by atoms with Crippen LogP contribution in [-0.2, 0) is 17.6 Å². The molecule has 0 aliphatic rings. The van der Waals surface area contributed by atoms with Crippen molar-refractivity contribution in [2.24, 2.45) is 0 Å². The van der Waals surface area contributed by atoms with Gasteiger partial charge in [0.15, 0.2) is 0 Å². The third kappa shape index (κ3) is 2.20. The van der Waals surface area contributed by atoms with Crippen LogP contribution in [0.2, 0.25) is 0 Å². The monoisotopic (exact) mass is 231 g/mol. The van der Waals surface area contributed by atoms with Gasteiger partial charge in [0.2, 0.25) is 0 Å². The molecular formula is C13H13NO3. The van der Waals surface area contributed by atoms with Crippen molar-refractivity contribution in [1.82, 2.24) is 4.98 Å². The highest BCUT2D eigenvalue weighted by molar-refractivity contribution is 5.83. The molecule has 0 amide bonds. The van der Waals surface area contributed by atoms with Crippen LogP contribution in [0.25, 0.3) is 10.9 Å². The van der Waals surface area contributed by atoms with Gasteiger partial charge in [0.25, 0.3) is 5.56 Å². The molecule has 17 heavy (non-hydrogen) atoms. The number of para-hydroxylation sites is 1. The number of H-pyrrole nitrogens is 1. The second kappa shape index (κ2) is 4.41. The van der Waals surface area contributed by atoms with E-state index in [0.29, 0.717) is 5.56 Å². The molecule has 0 saturated heterocycles. The van der Waals surface area contributed by atoms with Gasteiger partial charge < -0.3 is 10.1 Å². The van der Waals surface area contributed by atoms with Crippen LogP contribution in [0.5, 0.6) is 0 Å². The zero-order chi connectivity index (χ0) is 12.4. The van der Waals surface area contributed by atoms with Gasteiger partial charge in [-0.05, 0) is 23.4 Å². The maximum absolute atomic E-state index is 11.7. The van der Waals surface area contributed by atoms with Crippen LogP contribution in [0.15, 0.2) is 29.1 Å². The van der Waals surface area contributed by atoms with Crippen molar-refractivity contribution in [3.63, 3.8) is 0 Å². The van der Waals surface area contributed by atoms with Crippen molar-refractivity contribution < 1.29 is 9.90 Å². The van der Waals surface area contributed by atoms with E-state index in [9.17, 15) is 9.59 Å². The van der Waals surface area contributed by atoms with Crippen LogP contribution >= 0.6 is 0 Å². The molecule has 0 bridgehead atoms. The molecule has 0 spiro atoms. The number of aliphatic carboxylic acids is 1. The Kier molecular flexibility index (Phi) is 2.95. The van der Waals surface area contributed by atoms with Crippen molar-refractivity contribution in [3.05, 3.63) is 45.7 Å². The molecule has 0 aliphatic carbocycles. The summed E-state index contributed by atoms with van der Waals surface area (Å²) < 4.78 is 0. The molecular weight excluding hydrogens is 218 g/mol. The van der Waals surface area contributed by atoms with Crippen molar-refractivity contribution in [3.8, 4) is 0 Å². The van der Waals surface area contributed by atoms with E-state index in [2.05, 4.69) is 4.98 Å². The maximum atomic E-state index is 11.7. The molecule has 1 aromatic heterocycles. The molecule has 0 fully saturated rings. The molecule has 2 aromatic rings. The third-order valence-corrected chi connectivity index (χ3v) is 2.77. The van der Waals surface area contributed by atoms with E-state index in [1.807, 2.05) is 25.1 Å². The van der Waals surface area contributed by atoms with E-state index < -0.39 is 5.97 Å². The average Bonchev–Trinajstić information content (AvgIpc) is 2.29. The van der Waals surface area contributed by atoms with Crippen molar-refractivity contribution in [2.45, 2.75) is 19.8 Å². The average molecular weight is 231 g/mol. The minimum Gasteiger partial charge on any atom is -0.481 e. The smallest absolute Gasteiger partial charge is 0.308 e. The van der Waals surface area contributed by atoms with Gasteiger partial charge in [0, 0.05) is 5.56 Å². The molecule has 0 saturated carbocycles. The van der Waals surface area contributed by atoms with Crippen molar-refractivity contribution in [2.75, 3.05) is 0 Å². The first-order chi connectivity index (χ1) is 8.11. The summed E-state index contributed by atoms with van der Waals surface area (Å²) in [6, 6.07) is 7.39. The van der Waals surface area contributed by atoms with Crippen molar-refractivity contribution in [1.29, 1.82) is 0 Å². The van der Waals surface area contributed by atoms with E-state index >= 15 is 0 Å². The molecule has 1 aromatic carbocycles. The van der Waals surface area contributed by atoms with Gasteiger partial charge in [-0.15, -0.1) is 0 Å². The predicted octanol–water partition coefficient (Wildman–Crippen LogP) is 1.72. The van der Waals surface area contributed by atoms with Crippen LogP contribution in [0, 0.1) is 0 Å². The van der Waals surface area contributed by atoms with Crippen LogP contribution in [0.3, 0.4) is 0 Å². The highest BCUT2D eigenvalue weighted by Gasteiger charge is 2.08. The Bertz CT molecular complexity index is 628. The summed E-state index contributed by atoms with van der Waals surface area (Å²) in [5.41, 5.74) is 1.83. The summed E-state index contributed by atoms with van der Waals surface area (Å²) >= 11 is 0. The number of carboxylic acids is 1. The van der Waals surface area contributed by atoms with Gasteiger partial charge in [-0.1, -0.05) is 25.1 Å². The van der Waals surface area contributed by atoms with Crippen LogP contribution in [0.4, 0.5) is 0 Å². The molecule has 2 N–H and O–H groups in total. The van der Waals surface area contributed by atoms with Gasteiger partial charge in [-0.25, -0.2) is 0 Å². The number of fused-ring (bicyclic) bond motifs is 1. The summed E-state index contributed by atoms with van der Waals surface area (Å²) in [5, 5.41) is 9.59. The van der Waals surface area contributed by atoms with E-state index in [4.69, 9.17) is 5.11 Å². The predicted molar refractivity (Wildman–Crippen MR) is 65.3 cm³/mol. The number of aromatic amines is 1. The van der Waals surface area contributed by atoms with Crippen LogP contribution in [0.1, 0.15) is 18.1 Å². The van der Waals surface area contributed by atoms with Crippen LogP contribution in [-0.4, -0.2) is 16.1 Å². The lowest BCUT2D eigenvalue weighted by Crippen LogP contribution is -2.16. The molecule has 0 radical (unpaired) electrons. The van der Waals surface area contributed by atoms with Gasteiger partial charge in [0.05, 0.1) is 11.9 Å². The van der Waals surface area contributed by atoms with Gasteiger partial charge in [-0.2, -0.15) is 0 Å². The fraction of sp³-hybridized carbons (Fsp3) is 0.231. The quantitative estimate of drug-likeness (QED) is 0.844. The Morgan fingerprint density at radius 3 is 2.76 bits per heavy atom. The number of nitrogens with one attached hydrogen (secondary N) is 1. The lowest BCUT2D eigenvalue weighted by Gasteiger charge is -2.05. The van der Waals surface area contributed by atoms with E-state index in [-0.39, 0.29) is 12.0 Å². The summed E-state index contributed by atoms with van der Waals surface area (Å²) in [6.07, 6.45) is 0.577. The standard InChI is InChI=1S/C13H13NO3/c1-2-8-4-3-5-9-6-10(7-11(15)16)13(17)14-12(8)9/h3-6H,2,7H2,1H3,(H,14,17)(H,15,16). The number of carbonyl (C=O) groups is 1. The molecule has 0 unspecified atom stereocenters. The first-order valence-electron chi connectivity index (χ1n) is 5.47. The number of pyridine rings is 1. The number of hydrogen-bond acceptors (Lipinski definition) is 2. The minimum absolute atomic E-state index is 0.248. The summed E-state index contributed by atoms with van der Waals surface area (Å²) in [6.45, 7) is 2.01. The number of rotatable bonds is 3. The molecule has 0 aliphatic heterocycles. The lowest BCUT2D eigenvalue weighted by molar-refractivity contribution is -0.136. The van der Waals surface area contributed by atoms with Gasteiger partial charge >= 0.3 is 5.97 Å². The second-order valence-electron chi connectivity index (χ2n) is 3.93. The molecule has 88 valence electrons. The summed E-state index contributed by atoms with van der Waals surface area (Å²) in [4.78, 5) is 25.1. The Morgan fingerprint density at radius 1 is 1.35 bits per heavy atom. The SMILES string of the molecule is CCc1cccc2cc(CC(=O)O)c(=O)[nH]c12. The highest BCUT2D eigenvalue weighted by atomic mass is 16.4. The van der Waals surface area contributed by atoms with Crippen molar-refractivity contribution >= 4 is 16.9 Å². The fourth-order valence-electron chi connectivity index (χ4n) is 1.93. The third-order valence-electron chi connectivity index (χ3n) is 2.77. The number of carboxylic acid groups (broad SMARTS) is 1. The molecule has 2 rings (SSSR count). The minimum atomic E-state index is -0.999. The maximum Gasteiger partial charge on any atom is 0.308 e.